The molecule has 3 rings (SSSR count). The number of carbonyl (C=O) groups is 2. The van der Waals surface area contributed by atoms with Crippen LogP contribution < -0.4 is 16.2 Å². The maximum atomic E-state index is 13.1. The molecule has 0 bridgehead atoms. The predicted octanol–water partition coefficient (Wildman–Crippen LogP) is 3.60. The summed E-state index contributed by atoms with van der Waals surface area (Å²) in [5, 5.41) is 14.2. The molecule has 0 aliphatic carbocycles. The summed E-state index contributed by atoms with van der Waals surface area (Å²) in [6.07, 6.45) is 0. The number of carbonyl (C=O) groups excluding carboxylic acids is 2. The van der Waals surface area contributed by atoms with E-state index in [2.05, 4.69) is 16.2 Å². The van der Waals surface area contributed by atoms with Crippen LogP contribution in [-0.2, 0) is 4.74 Å². The lowest BCUT2D eigenvalue weighted by molar-refractivity contribution is -0.384. The van der Waals surface area contributed by atoms with Gasteiger partial charge in [0.25, 0.3) is 17.5 Å². The first-order valence-corrected chi connectivity index (χ1v) is 10.2. The Labute approximate surface area is 186 Å². The largest absolute Gasteiger partial charge is 0.383 e. The van der Waals surface area contributed by atoms with Crippen molar-refractivity contribution >= 4 is 34.5 Å². The van der Waals surface area contributed by atoms with Crippen molar-refractivity contribution in [3.05, 3.63) is 81.0 Å². The van der Waals surface area contributed by atoms with Gasteiger partial charge in [0.1, 0.15) is 11.5 Å². The molecule has 0 aliphatic rings. The number of hydrazine groups is 1. The van der Waals surface area contributed by atoms with Crippen LogP contribution in [0.4, 0.5) is 15.8 Å². The van der Waals surface area contributed by atoms with Crippen molar-refractivity contribution in [1.29, 1.82) is 0 Å². The Balaban J connectivity index is 1.63. The fourth-order valence-electron chi connectivity index (χ4n) is 2.74. The number of ether oxygens (including phenoxy) is 1. The molecule has 0 fully saturated rings. The number of rotatable bonds is 8. The number of benzene rings is 2. The van der Waals surface area contributed by atoms with Gasteiger partial charge in [-0.1, -0.05) is 12.1 Å². The second kappa shape index (κ2) is 10.5. The summed E-state index contributed by atoms with van der Waals surface area (Å²) < 4.78 is 18.0. The molecule has 32 heavy (non-hydrogen) atoms. The van der Waals surface area contributed by atoms with Gasteiger partial charge in [-0.2, -0.15) is 0 Å². The van der Waals surface area contributed by atoms with E-state index in [1.807, 2.05) is 0 Å². The average Bonchev–Trinajstić information content (AvgIpc) is 3.28. The van der Waals surface area contributed by atoms with Crippen molar-refractivity contribution in [1.82, 2.24) is 10.9 Å². The van der Waals surface area contributed by atoms with E-state index in [1.165, 1.54) is 42.7 Å². The highest BCUT2D eigenvalue weighted by molar-refractivity contribution is 7.17. The van der Waals surface area contributed by atoms with Crippen LogP contribution in [0.15, 0.2) is 54.6 Å². The van der Waals surface area contributed by atoms with E-state index in [4.69, 9.17) is 4.74 Å². The van der Waals surface area contributed by atoms with Crippen molar-refractivity contribution in [3.8, 4) is 10.4 Å². The van der Waals surface area contributed by atoms with Crippen LogP contribution in [0.5, 0.6) is 0 Å². The molecule has 0 aliphatic heterocycles. The van der Waals surface area contributed by atoms with Crippen LogP contribution in [0.25, 0.3) is 10.4 Å². The fraction of sp³-hybridized carbons (Fsp3) is 0.143. The van der Waals surface area contributed by atoms with Crippen molar-refractivity contribution in [2.24, 2.45) is 0 Å². The van der Waals surface area contributed by atoms with Crippen LogP contribution in [0.3, 0.4) is 0 Å². The molecule has 3 aromatic rings. The molecule has 0 spiro atoms. The quantitative estimate of drug-likeness (QED) is 0.269. The molecule has 0 saturated heterocycles. The maximum Gasteiger partial charge on any atom is 0.293 e. The smallest absolute Gasteiger partial charge is 0.293 e. The molecule has 2 amide bonds. The predicted molar refractivity (Wildman–Crippen MR) is 118 cm³/mol. The highest BCUT2D eigenvalue weighted by Gasteiger charge is 2.18. The van der Waals surface area contributed by atoms with Crippen LogP contribution in [0.2, 0.25) is 0 Å². The van der Waals surface area contributed by atoms with Crippen molar-refractivity contribution in [2.75, 3.05) is 25.6 Å². The standard InChI is InChI=1S/C21H19FN4O5S/c1-31-11-10-23-16-7-4-14(12-17(16)26(29)30)20(27)24-25-21(28)19-9-8-18(32-19)13-2-5-15(22)6-3-13/h2-9,12,23H,10-11H2,1H3,(H,24,27)(H,25,28). The van der Waals surface area contributed by atoms with E-state index in [0.29, 0.717) is 18.0 Å². The molecule has 2 aromatic carbocycles. The maximum absolute atomic E-state index is 13.1. The highest BCUT2D eigenvalue weighted by Crippen LogP contribution is 2.28. The second-order valence-corrected chi connectivity index (χ2v) is 7.57. The van der Waals surface area contributed by atoms with Gasteiger partial charge >= 0.3 is 0 Å². The zero-order chi connectivity index (χ0) is 23.1. The molecule has 0 atom stereocenters. The molecule has 0 unspecified atom stereocenters. The summed E-state index contributed by atoms with van der Waals surface area (Å²) in [5.74, 6) is -1.62. The van der Waals surface area contributed by atoms with E-state index in [1.54, 1.807) is 24.3 Å². The summed E-state index contributed by atoms with van der Waals surface area (Å²) in [6.45, 7) is 0.719. The molecule has 11 heteroatoms. The summed E-state index contributed by atoms with van der Waals surface area (Å²) in [4.78, 5) is 36.5. The number of methoxy groups -OCH3 is 1. The van der Waals surface area contributed by atoms with Crippen molar-refractivity contribution in [2.45, 2.75) is 0 Å². The van der Waals surface area contributed by atoms with Gasteiger partial charge in [-0.05, 0) is 42.0 Å². The normalized spacial score (nSPS) is 10.4. The number of anilines is 1. The first-order valence-electron chi connectivity index (χ1n) is 9.36. The molecule has 1 aromatic heterocycles. The minimum atomic E-state index is -0.708. The van der Waals surface area contributed by atoms with E-state index >= 15 is 0 Å². The van der Waals surface area contributed by atoms with Gasteiger partial charge in [-0.15, -0.1) is 11.3 Å². The summed E-state index contributed by atoms with van der Waals surface area (Å²) >= 11 is 1.17. The zero-order valence-electron chi connectivity index (χ0n) is 16.9. The lowest BCUT2D eigenvalue weighted by Gasteiger charge is -2.09. The summed E-state index contributed by atoms with van der Waals surface area (Å²) in [6, 6.07) is 13.1. The third kappa shape index (κ3) is 5.65. The van der Waals surface area contributed by atoms with E-state index < -0.39 is 16.7 Å². The molecule has 9 nitrogen and oxygen atoms in total. The van der Waals surface area contributed by atoms with Crippen molar-refractivity contribution in [3.63, 3.8) is 0 Å². The number of halogens is 1. The number of hydrogen-bond acceptors (Lipinski definition) is 7. The lowest BCUT2D eigenvalue weighted by Crippen LogP contribution is -2.41. The third-order valence-corrected chi connectivity index (χ3v) is 5.46. The van der Waals surface area contributed by atoms with Gasteiger partial charge in [-0.3, -0.25) is 30.6 Å². The lowest BCUT2D eigenvalue weighted by atomic mass is 10.1. The van der Waals surface area contributed by atoms with Crippen LogP contribution in [-0.4, -0.2) is 37.0 Å². The average molecular weight is 458 g/mol. The zero-order valence-corrected chi connectivity index (χ0v) is 17.7. The Morgan fingerprint density at radius 1 is 1.06 bits per heavy atom. The number of nitro groups is 1. The van der Waals surface area contributed by atoms with Crippen LogP contribution in [0, 0.1) is 15.9 Å². The Morgan fingerprint density at radius 3 is 2.47 bits per heavy atom. The molecule has 1 heterocycles. The first kappa shape index (κ1) is 22.8. The molecule has 3 N–H and O–H groups in total. The van der Waals surface area contributed by atoms with Gasteiger partial charge in [0.15, 0.2) is 0 Å². The molecular weight excluding hydrogens is 439 g/mol. The van der Waals surface area contributed by atoms with E-state index in [0.717, 1.165) is 16.5 Å². The van der Waals surface area contributed by atoms with Crippen molar-refractivity contribution < 1.29 is 23.6 Å². The monoisotopic (exact) mass is 458 g/mol. The number of nitrogens with one attached hydrogen (secondary N) is 3. The van der Waals surface area contributed by atoms with Gasteiger partial charge in [0.05, 0.1) is 16.4 Å². The fourth-order valence-corrected chi connectivity index (χ4v) is 3.64. The van der Waals surface area contributed by atoms with E-state index in [-0.39, 0.29) is 22.8 Å². The van der Waals surface area contributed by atoms with Crippen LogP contribution >= 0.6 is 11.3 Å². The van der Waals surface area contributed by atoms with Gasteiger partial charge in [0.2, 0.25) is 0 Å². The van der Waals surface area contributed by atoms with Gasteiger partial charge < -0.3 is 10.1 Å². The van der Waals surface area contributed by atoms with Crippen LogP contribution in [0.1, 0.15) is 20.0 Å². The number of nitrogens with zero attached hydrogens (tertiary/aromatic N) is 1. The minimum Gasteiger partial charge on any atom is -0.383 e. The minimum absolute atomic E-state index is 0.00692. The molecule has 0 radical (unpaired) electrons. The Hall–Kier alpha value is -3.83. The highest BCUT2D eigenvalue weighted by atomic mass is 32.1. The summed E-state index contributed by atoms with van der Waals surface area (Å²) in [7, 11) is 1.51. The first-order chi connectivity index (χ1) is 15.4. The van der Waals surface area contributed by atoms with Gasteiger partial charge in [-0.25, -0.2) is 4.39 Å². The second-order valence-electron chi connectivity index (χ2n) is 6.49. The van der Waals surface area contributed by atoms with Gasteiger partial charge in [0, 0.05) is 30.2 Å². The third-order valence-electron chi connectivity index (χ3n) is 4.33. The Morgan fingerprint density at radius 2 is 1.78 bits per heavy atom. The number of hydrogen-bond donors (Lipinski definition) is 3. The SMILES string of the molecule is COCCNc1ccc(C(=O)NNC(=O)c2ccc(-c3ccc(F)cc3)s2)cc1[N+](=O)[O-]. The molecular formula is C21H19FN4O5S. The van der Waals surface area contributed by atoms with E-state index in [9.17, 15) is 24.1 Å². The Bertz CT molecular complexity index is 1130. The molecule has 166 valence electrons. The number of thiophene rings is 1. The topological polar surface area (TPSA) is 123 Å². The number of nitro benzene ring substituents is 1. The number of amides is 2. The summed E-state index contributed by atoms with van der Waals surface area (Å²) in [5.41, 5.74) is 5.27. The molecule has 0 saturated carbocycles. The Kier molecular flexibility index (Phi) is 7.47.